The highest BCUT2D eigenvalue weighted by Crippen LogP contribution is 2.32. The smallest absolute Gasteiger partial charge is 0.338 e. The number of hydrogen-bond donors (Lipinski definition) is 1. The fourth-order valence-corrected chi connectivity index (χ4v) is 3.01. The van der Waals surface area contributed by atoms with E-state index < -0.39 is 0 Å². The number of ether oxygens (including phenoxy) is 2. The summed E-state index contributed by atoms with van der Waals surface area (Å²) in [5.74, 6) is 5.85. The SMILES string of the molecule is CCCOC(=O)c1cccc(-c2cc(C(C)=NN)ccc2OCc2ccccc2)c1. The molecule has 30 heavy (non-hydrogen) atoms. The van der Waals surface area contributed by atoms with Gasteiger partial charge in [0.2, 0.25) is 0 Å². The topological polar surface area (TPSA) is 73.9 Å². The van der Waals surface area contributed by atoms with E-state index in [9.17, 15) is 4.79 Å². The average molecular weight is 402 g/mol. The van der Waals surface area contributed by atoms with Gasteiger partial charge in [-0.15, -0.1) is 0 Å². The zero-order chi connectivity index (χ0) is 21.3. The summed E-state index contributed by atoms with van der Waals surface area (Å²) in [4.78, 5) is 12.3. The molecule has 0 aliphatic heterocycles. The summed E-state index contributed by atoms with van der Waals surface area (Å²) < 4.78 is 11.4. The van der Waals surface area contributed by atoms with Crippen LogP contribution >= 0.6 is 0 Å². The van der Waals surface area contributed by atoms with Crippen molar-refractivity contribution in [3.63, 3.8) is 0 Å². The maximum absolute atomic E-state index is 12.3. The molecule has 2 N–H and O–H groups in total. The highest BCUT2D eigenvalue weighted by Gasteiger charge is 2.13. The van der Waals surface area contributed by atoms with Gasteiger partial charge in [0.25, 0.3) is 0 Å². The van der Waals surface area contributed by atoms with Crippen LogP contribution < -0.4 is 10.6 Å². The third-order valence-electron chi connectivity index (χ3n) is 4.67. The molecule has 3 aromatic carbocycles. The van der Waals surface area contributed by atoms with Crippen LogP contribution in [-0.4, -0.2) is 18.3 Å². The van der Waals surface area contributed by atoms with E-state index in [-0.39, 0.29) is 5.97 Å². The molecule has 0 radical (unpaired) electrons. The van der Waals surface area contributed by atoms with Crippen LogP contribution in [0.5, 0.6) is 5.75 Å². The first-order valence-corrected chi connectivity index (χ1v) is 9.95. The highest BCUT2D eigenvalue weighted by molar-refractivity contribution is 6.00. The number of hydrogen-bond acceptors (Lipinski definition) is 5. The molecular weight excluding hydrogens is 376 g/mol. The summed E-state index contributed by atoms with van der Waals surface area (Å²) >= 11 is 0. The molecule has 0 atom stereocenters. The Morgan fingerprint density at radius 1 is 0.967 bits per heavy atom. The van der Waals surface area contributed by atoms with E-state index in [2.05, 4.69) is 5.10 Å². The molecule has 3 rings (SSSR count). The summed E-state index contributed by atoms with van der Waals surface area (Å²) in [5, 5.41) is 3.80. The lowest BCUT2D eigenvalue weighted by Gasteiger charge is -2.14. The monoisotopic (exact) mass is 402 g/mol. The largest absolute Gasteiger partial charge is 0.488 e. The van der Waals surface area contributed by atoms with Crippen molar-refractivity contribution < 1.29 is 14.3 Å². The van der Waals surface area contributed by atoms with Crippen molar-refractivity contribution in [1.29, 1.82) is 0 Å². The van der Waals surface area contributed by atoms with Crippen molar-refractivity contribution in [2.75, 3.05) is 6.61 Å². The molecule has 0 bridgehead atoms. The molecule has 0 amide bonds. The zero-order valence-electron chi connectivity index (χ0n) is 17.3. The Morgan fingerprint density at radius 3 is 2.50 bits per heavy atom. The minimum Gasteiger partial charge on any atom is -0.488 e. The normalized spacial score (nSPS) is 11.2. The standard InChI is InChI=1S/C25H26N2O3/c1-3-14-29-25(28)22-11-7-10-21(15-22)23-16-20(18(2)27-26)12-13-24(23)30-17-19-8-5-4-6-9-19/h4-13,15-16H,3,14,17,26H2,1-2H3. The number of carbonyl (C=O) groups is 1. The number of esters is 1. The summed E-state index contributed by atoms with van der Waals surface area (Å²) in [6.07, 6.45) is 0.780. The maximum atomic E-state index is 12.3. The van der Waals surface area contributed by atoms with E-state index in [0.717, 1.165) is 28.7 Å². The van der Waals surface area contributed by atoms with Crippen molar-refractivity contribution in [3.05, 3.63) is 89.5 Å². The van der Waals surface area contributed by atoms with Gasteiger partial charge in [-0.1, -0.05) is 49.4 Å². The predicted molar refractivity (Wildman–Crippen MR) is 120 cm³/mol. The van der Waals surface area contributed by atoms with E-state index in [0.29, 0.717) is 30.2 Å². The van der Waals surface area contributed by atoms with Crippen LogP contribution in [-0.2, 0) is 11.3 Å². The third kappa shape index (κ3) is 5.26. The molecule has 0 saturated carbocycles. The first-order chi connectivity index (χ1) is 14.6. The van der Waals surface area contributed by atoms with Crippen LogP contribution in [0.1, 0.15) is 41.8 Å². The molecule has 0 unspecified atom stereocenters. The van der Waals surface area contributed by atoms with Crippen molar-refractivity contribution in [2.24, 2.45) is 10.9 Å². The molecule has 0 saturated heterocycles. The number of benzene rings is 3. The van der Waals surface area contributed by atoms with E-state index in [1.807, 2.05) is 80.6 Å². The van der Waals surface area contributed by atoms with Crippen molar-refractivity contribution in [2.45, 2.75) is 26.9 Å². The molecule has 5 heteroatoms. The number of rotatable bonds is 8. The zero-order valence-corrected chi connectivity index (χ0v) is 17.3. The maximum Gasteiger partial charge on any atom is 0.338 e. The van der Waals surface area contributed by atoms with Crippen molar-refractivity contribution in [1.82, 2.24) is 0 Å². The van der Waals surface area contributed by atoms with Crippen molar-refractivity contribution in [3.8, 4) is 16.9 Å². The van der Waals surface area contributed by atoms with Crippen LogP contribution in [0, 0.1) is 0 Å². The number of hydrazone groups is 1. The number of carbonyl (C=O) groups excluding carboxylic acids is 1. The minimum atomic E-state index is -0.332. The Kier molecular flexibility index (Phi) is 7.22. The molecule has 154 valence electrons. The Morgan fingerprint density at radius 2 is 1.77 bits per heavy atom. The van der Waals surface area contributed by atoms with Gasteiger partial charge in [0.1, 0.15) is 12.4 Å². The number of nitrogens with two attached hydrogens (primary N) is 1. The Balaban J connectivity index is 1.97. The summed E-state index contributed by atoms with van der Waals surface area (Å²) in [7, 11) is 0. The average Bonchev–Trinajstić information content (AvgIpc) is 2.81. The fraction of sp³-hybridized carbons (Fsp3) is 0.200. The molecule has 0 aliphatic carbocycles. The molecule has 5 nitrogen and oxygen atoms in total. The first-order valence-electron chi connectivity index (χ1n) is 9.95. The minimum absolute atomic E-state index is 0.332. The lowest BCUT2D eigenvalue weighted by Crippen LogP contribution is -2.06. The van der Waals surface area contributed by atoms with E-state index in [1.54, 1.807) is 6.07 Å². The second kappa shape index (κ2) is 10.3. The molecule has 0 heterocycles. The third-order valence-corrected chi connectivity index (χ3v) is 4.67. The predicted octanol–water partition coefficient (Wildman–Crippen LogP) is 5.18. The highest BCUT2D eigenvalue weighted by atomic mass is 16.5. The van der Waals surface area contributed by atoms with Crippen LogP contribution in [0.3, 0.4) is 0 Å². The second-order valence-corrected chi connectivity index (χ2v) is 6.92. The molecule has 0 fully saturated rings. The van der Waals surface area contributed by atoms with Gasteiger partial charge >= 0.3 is 5.97 Å². The van der Waals surface area contributed by atoms with Crippen LogP contribution in [0.4, 0.5) is 0 Å². The summed E-state index contributed by atoms with van der Waals surface area (Å²) in [5.41, 5.74) is 4.89. The first kappa shape index (κ1) is 21.1. The lowest BCUT2D eigenvalue weighted by molar-refractivity contribution is 0.0505. The van der Waals surface area contributed by atoms with Gasteiger partial charge in [-0.25, -0.2) is 4.79 Å². The quantitative estimate of drug-likeness (QED) is 0.244. The van der Waals surface area contributed by atoms with Gasteiger partial charge in [-0.2, -0.15) is 5.10 Å². The summed E-state index contributed by atoms with van der Waals surface area (Å²) in [6, 6.07) is 23.1. The van der Waals surface area contributed by atoms with Gasteiger partial charge in [-0.05, 0) is 60.4 Å². The van der Waals surface area contributed by atoms with Gasteiger partial charge < -0.3 is 15.3 Å². The fourth-order valence-electron chi connectivity index (χ4n) is 3.01. The van der Waals surface area contributed by atoms with Crippen LogP contribution in [0.25, 0.3) is 11.1 Å². The Labute approximate surface area is 177 Å². The van der Waals surface area contributed by atoms with Crippen LogP contribution in [0.15, 0.2) is 77.9 Å². The molecule has 0 aliphatic rings. The van der Waals surface area contributed by atoms with Crippen LogP contribution in [0.2, 0.25) is 0 Å². The van der Waals surface area contributed by atoms with E-state index in [4.69, 9.17) is 15.3 Å². The van der Waals surface area contributed by atoms with E-state index in [1.165, 1.54) is 0 Å². The second-order valence-electron chi connectivity index (χ2n) is 6.92. The lowest BCUT2D eigenvalue weighted by atomic mass is 9.98. The Hall–Kier alpha value is -3.60. The van der Waals surface area contributed by atoms with Gasteiger partial charge in [0, 0.05) is 5.56 Å². The number of nitrogens with zero attached hydrogens (tertiary/aromatic N) is 1. The van der Waals surface area contributed by atoms with Gasteiger partial charge in [-0.3, -0.25) is 0 Å². The molecular formula is C25H26N2O3. The van der Waals surface area contributed by atoms with Gasteiger partial charge in [0.15, 0.2) is 0 Å². The summed E-state index contributed by atoms with van der Waals surface area (Å²) in [6.45, 7) is 4.65. The Bertz CT molecular complexity index is 1030. The van der Waals surface area contributed by atoms with Gasteiger partial charge in [0.05, 0.1) is 17.9 Å². The van der Waals surface area contributed by atoms with Crippen molar-refractivity contribution >= 4 is 11.7 Å². The molecule has 0 spiro atoms. The molecule has 0 aromatic heterocycles. The van der Waals surface area contributed by atoms with E-state index >= 15 is 0 Å². The molecule has 3 aromatic rings.